The minimum absolute atomic E-state index is 0.203. The van der Waals surface area contributed by atoms with Gasteiger partial charge in [-0.1, -0.05) is 12.1 Å². The van der Waals surface area contributed by atoms with Gasteiger partial charge in [0.1, 0.15) is 5.82 Å². The van der Waals surface area contributed by atoms with Crippen LogP contribution in [-0.2, 0) is 0 Å². The molecule has 7 heteroatoms. The molecule has 1 aliphatic rings. The van der Waals surface area contributed by atoms with Crippen LogP contribution in [0.4, 0.5) is 0 Å². The van der Waals surface area contributed by atoms with Crippen molar-refractivity contribution in [2.45, 2.75) is 18.8 Å². The van der Waals surface area contributed by atoms with Crippen LogP contribution in [0, 0.1) is 0 Å². The van der Waals surface area contributed by atoms with E-state index in [9.17, 15) is 9.59 Å². The standard InChI is InChI=1S/C16H17N5O2/c22-13-7-6-10-3-1-5-12(14(10)18-13)21-16(23)19-15(20-21)11-4-2-8-17-9-11/h1,3,5-7,11,17H,2,4,8-9H2,(H,18,22)(H,19,20,23). The molecule has 0 spiro atoms. The summed E-state index contributed by atoms with van der Waals surface area (Å²) in [4.78, 5) is 29.6. The third-order valence-corrected chi connectivity index (χ3v) is 4.28. The number of piperidine rings is 1. The Bertz CT molecular complexity index is 962. The molecule has 2 aromatic heterocycles. The molecular weight excluding hydrogens is 294 g/mol. The summed E-state index contributed by atoms with van der Waals surface area (Å²) >= 11 is 0. The highest BCUT2D eigenvalue weighted by Gasteiger charge is 2.20. The lowest BCUT2D eigenvalue weighted by molar-refractivity contribution is 0.446. The molecule has 1 fully saturated rings. The van der Waals surface area contributed by atoms with Gasteiger partial charge in [-0.2, -0.15) is 4.68 Å². The summed E-state index contributed by atoms with van der Waals surface area (Å²) in [5.41, 5.74) is 0.700. The minimum atomic E-state index is -0.289. The number of nitrogens with zero attached hydrogens (tertiary/aromatic N) is 2. The Balaban J connectivity index is 1.85. The molecule has 1 atom stereocenters. The Kier molecular flexibility index (Phi) is 3.34. The van der Waals surface area contributed by atoms with Crippen molar-refractivity contribution in [3.63, 3.8) is 0 Å². The number of aromatic nitrogens is 4. The van der Waals surface area contributed by atoms with Crippen molar-refractivity contribution in [1.82, 2.24) is 25.1 Å². The molecule has 1 aromatic carbocycles. The molecule has 118 valence electrons. The maximum atomic E-state index is 12.3. The monoisotopic (exact) mass is 311 g/mol. The van der Waals surface area contributed by atoms with Gasteiger partial charge in [-0.05, 0) is 31.5 Å². The number of fused-ring (bicyclic) bond motifs is 1. The van der Waals surface area contributed by atoms with Crippen molar-refractivity contribution in [3.8, 4) is 5.69 Å². The zero-order valence-corrected chi connectivity index (χ0v) is 12.5. The smallest absolute Gasteiger partial charge is 0.320 e. The van der Waals surface area contributed by atoms with Crippen molar-refractivity contribution in [2.24, 2.45) is 0 Å². The summed E-state index contributed by atoms with van der Waals surface area (Å²) in [6.45, 7) is 1.82. The van der Waals surface area contributed by atoms with Gasteiger partial charge in [0.2, 0.25) is 5.56 Å². The van der Waals surface area contributed by atoms with E-state index in [4.69, 9.17) is 0 Å². The second-order valence-corrected chi connectivity index (χ2v) is 5.83. The summed E-state index contributed by atoms with van der Waals surface area (Å²) < 4.78 is 1.34. The maximum Gasteiger partial charge on any atom is 0.348 e. The number of H-pyrrole nitrogens is 2. The molecular formula is C16H17N5O2. The van der Waals surface area contributed by atoms with Crippen LogP contribution in [0.1, 0.15) is 24.6 Å². The Morgan fingerprint density at radius 3 is 2.87 bits per heavy atom. The predicted octanol–water partition coefficient (Wildman–Crippen LogP) is 0.869. The number of para-hydroxylation sites is 1. The van der Waals surface area contributed by atoms with Crippen LogP contribution < -0.4 is 16.6 Å². The lowest BCUT2D eigenvalue weighted by Crippen LogP contribution is -2.29. The molecule has 23 heavy (non-hydrogen) atoms. The molecule has 3 heterocycles. The van der Waals surface area contributed by atoms with Gasteiger partial charge in [-0.3, -0.25) is 9.78 Å². The van der Waals surface area contributed by atoms with E-state index in [0.717, 1.165) is 31.3 Å². The molecule has 3 N–H and O–H groups in total. The molecule has 4 rings (SSSR count). The van der Waals surface area contributed by atoms with Crippen LogP contribution in [0.5, 0.6) is 0 Å². The molecule has 1 saturated heterocycles. The largest absolute Gasteiger partial charge is 0.348 e. The minimum Gasteiger partial charge on any atom is -0.320 e. The van der Waals surface area contributed by atoms with E-state index in [-0.39, 0.29) is 17.2 Å². The van der Waals surface area contributed by atoms with Crippen molar-refractivity contribution < 1.29 is 0 Å². The Hall–Kier alpha value is -2.67. The zero-order valence-electron chi connectivity index (χ0n) is 12.5. The van der Waals surface area contributed by atoms with Crippen LogP contribution in [0.25, 0.3) is 16.6 Å². The lowest BCUT2D eigenvalue weighted by Gasteiger charge is -2.20. The van der Waals surface area contributed by atoms with Crippen LogP contribution in [0.3, 0.4) is 0 Å². The number of pyridine rings is 1. The second-order valence-electron chi connectivity index (χ2n) is 5.83. The predicted molar refractivity (Wildman–Crippen MR) is 87.2 cm³/mol. The van der Waals surface area contributed by atoms with E-state index in [0.29, 0.717) is 17.0 Å². The van der Waals surface area contributed by atoms with Crippen molar-refractivity contribution in [2.75, 3.05) is 13.1 Å². The third kappa shape index (κ3) is 2.49. The van der Waals surface area contributed by atoms with E-state index in [1.807, 2.05) is 12.1 Å². The van der Waals surface area contributed by atoms with Gasteiger partial charge < -0.3 is 10.3 Å². The van der Waals surface area contributed by atoms with Crippen LogP contribution in [-0.4, -0.2) is 32.8 Å². The Morgan fingerprint density at radius 2 is 2.04 bits per heavy atom. The number of rotatable bonds is 2. The van der Waals surface area contributed by atoms with Crippen LogP contribution in [0.15, 0.2) is 39.9 Å². The van der Waals surface area contributed by atoms with E-state index < -0.39 is 0 Å². The van der Waals surface area contributed by atoms with Crippen molar-refractivity contribution >= 4 is 10.9 Å². The van der Waals surface area contributed by atoms with Crippen LogP contribution in [0.2, 0.25) is 0 Å². The lowest BCUT2D eigenvalue weighted by atomic mass is 9.99. The summed E-state index contributed by atoms with van der Waals surface area (Å²) in [5, 5.41) is 8.65. The normalized spacial score (nSPS) is 18.3. The SMILES string of the molecule is O=c1ccc2cccc(-n3nc(C4CCCNC4)[nH]c3=O)c2[nH]1. The molecule has 7 nitrogen and oxygen atoms in total. The zero-order chi connectivity index (χ0) is 15.8. The van der Waals surface area contributed by atoms with Gasteiger partial charge in [0.15, 0.2) is 0 Å². The fourth-order valence-electron chi connectivity index (χ4n) is 3.11. The van der Waals surface area contributed by atoms with E-state index in [2.05, 4.69) is 20.4 Å². The number of nitrogens with one attached hydrogen (secondary N) is 3. The molecule has 3 aromatic rings. The second kappa shape index (κ2) is 5.51. The molecule has 1 aliphatic heterocycles. The van der Waals surface area contributed by atoms with Gasteiger partial charge in [-0.15, -0.1) is 5.10 Å². The van der Waals surface area contributed by atoms with Gasteiger partial charge in [0.25, 0.3) is 0 Å². The van der Waals surface area contributed by atoms with Crippen molar-refractivity contribution in [3.05, 3.63) is 57.0 Å². The molecule has 0 radical (unpaired) electrons. The number of benzene rings is 1. The first-order valence-corrected chi connectivity index (χ1v) is 7.75. The molecule has 0 saturated carbocycles. The topological polar surface area (TPSA) is 95.6 Å². The first-order valence-electron chi connectivity index (χ1n) is 7.75. The fraction of sp³-hybridized carbons (Fsp3) is 0.312. The summed E-state index contributed by atoms with van der Waals surface area (Å²) in [6, 6.07) is 8.72. The Morgan fingerprint density at radius 1 is 1.13 bits per heavy atom. The van der Waals surface area contributed by atoms with Gasteiger partial charge in [-0.25, -0.2) is 4.79 Å². The van der Waals surface area contributed by atoms with E-state index >= 15 is 0 Å². The average molecular weight is 311 g/mol. The molecule has 0 bridgehead atoms. The quantitative estimate of drug-likeness (QED) is 0.654. The molecule has 0 aliphatic carbocycles. The number of hydrogen-bond donors (Lipinski definition) is 3. The summed E-state index contributed by atoms with van der Waals surface area (Å²) in [6.07, 6.45) is 2.08. The number of aromatic amines is 2. The summed E-state index contributed by atoms with van der Waals surface area (Å²) in [7, 11) is 0. The highest BCUT2D eigenvalue weighted by Crippen LogP contribution is 2.21. The first kappa shape index (κ1) is 14.0. The maximum absolute atomic E-state index is 12.3. The molecule has 1 unspecified atom stereocenters. The van der Waals surface area contributed by atoms with Gasteiger partial charge >= 0.3 is 5.69 Å². The average Bonchev–Trinajstić information content (AvgIpc) is 2.97. The third-order valence-electron chi connectivity index (χ3n) is 4.28. The van der Waals surface area contributed by atoms with Gasteiger partial charge in [0.05, 0.1) is 11.2 Å². The molecule has 0 amide bonds. The van der Waals surface area contributed by atoms with Gasteiger partial charge in [0, 0.05) is 23.9 Å². The fourth-order valence-corrected chi connectivity index (χ4v) is 3.11. The highest BCUT2D eigenvalue weighted by molar-refractivity contribution is 5.85. The van der Waals surface area contributed by atoms with Crippen molar-refractivity contribution in [1.29, 1.82) is 0 Å². The summed E-state index contributed by atoms with van der Waals surface area (Å²) in [5.74, 6) is 0.907. The first-order chi connectivity index (χ1) is 11.2. The highest BCUT2D eigenvalue weighted by atomic mass is 16.2. The Labute approximate surface area is 131 Å². The van der Waals surface area contributed by atoms with Crippen LogP contribution >= 0.6 is 0 Å². The number of hydrogen-bond acceptors (Lipinski definition) is 4. The van der Waals surface area contributed by atoms with E-state index in [1.54, 1.807) is 12.1 Å². The van der Waals surface area contributed by atoms with E-state index in [1.165, 1.54) is 10.7 Å².